The molecule has 12 heavy (non-hydrogen) atoms. The zero-order valence-corrected chi connectivity index (χ0v) is 6.01. The van der Waals surface area contributed by atoms with Crippen molar-refractivity contribution >= 4 is 5.97 Å². The highest BCUT2D eigenvalue weighted by molar-refractivity contribution is 5.67. The van der Waals surface area contributed by atoms with Crippen LogP contribution in [0.5, 0.6) is 0 Å². The van der Waals surface area contributed by atoms with E-state index in [1.54, 1.807) is 0 Å². The monoisotopic (exact) mass is 183 g/mol. The highest BCUT2D eigenvalue weighted by atomic mass is 19.4. The number of carboxylic acids is 1. The molecule has 6 heteroatoms. The summed E-state index contributed by atoms with van der Waals surface area (Å²) in [4.78, 5) is 10.0. The van der Waals surface area contributed by atoms with Crippen molar-refractivity contribution in [2.24, 2.45) is 17.6 Å². The summed E-state index contributed by atoms with van der Waals surface area (Å²) in [7, 11) is 0. The number of hydrogen-bond donors (Lipinski definition) is 2. The van der Waals surface area contributed by atoms with Gasteiger partial charge in [-0.3, -0.25) is 4.79 Å². The van der Waals surface area contributed by atoms with Gasteiger partial charge in [-0.1, -0.05) is 0 Å². The molecule has 1 saturated carbocycles. The van der Waals surface area contributed by atoms with Gasteiger partial charge in [0.2, 0.25) is 0 Å². The lowest BCUT2D eigenvalue weighted by Crippen LogP contribution is -2.17. The second-order valence-electron chi connectivity index (χ2n) is 2.91. The van der Waals surface area contributed by atoms with Crippen molar-refractivity contribution < 1.29 is 23.1 Å². The van der Waals surface area contributed by atoms with Crippen LogP contribution in [0.4, 0.5) is 13.2 Å². The van der Waals surface area contributed by atoms with Crippen LogP contribution in [-0.2, 0) is 4.79 Å². The zero-order chi connectivity index (χ0) is 9.52. The van der Waals surface area contributed by atoms with E-state index in [2.05, 4.69) is 0 Å². The zero-order valence-electron chi connectivity index (χ0n) is 6.01. The van der Waals surface area contributed by atoms with Crippen molar-refractivity contribution in [1.82, 2.24) is 0 Å². The van der Waals surface area contributed by atoms with Crippen molar-refractivity contribution in [3.05, 3.63) is 0 Å². The average molecular weight is 183 g/mol. The van der Waals surface area contributed by atoms with Gasteiger partial charge >= 0.3 is 12.1 Å². The summed E-state index contributed by atoms with van der Waals surface area (Å²) in [5, 5.41) is 8.20. The van der Waals surface area contributed by atoms with E-state index in [-0.39, 0.29) is 0 Å². The summed E-state index contributed by atoms with van der Waals surface area (Å²) in [6, 6.07) is -1.03. The Morgan fingerprint density at radius 2 is 2.00 bits per heavy atom. The van der Waals surface area contributed by atoms with Crippen LogP contribution < -0.4 is 5.73 Å². The molecule has 0 aromatic heterocycles. The Labute approximate surface area is 66.4 Å². The molecule has 0 bridgehead atoms. The molecule has 1 fully saturated rings. The van der Waals surface area contributed by atoms with Crippen molar-refractivity contribution in [3.63, 3.8) is 0 Å². The minimum absolute atomic E-state index is 0.495. The van der Waals surface area contributed by atoms with Crippen LogP contribution in [0.25, 0.3) is 0 Å². The van der Waals surface area contributed by atoms with Crippen LogP contribution in [0.15, 0.2) is 0 Å². The van der Waals surface area contributed by atoms with E-state index in [1.807, 2.05) is 0 Å². The molecular formula is C6H8F3NO2. The number of nitrogens with two attached hydrogens (primary N) is 1. The Kier molecular flexibility index (Phi) is 2.03. The third-order valence-electron chi connectivity index (χ3n) is 2.02. The van der Waals surface area contributed by atoms with Gasteiger partial charge < -0.3 is 10.8 Å². The second kappa shape index (κ2) is 2.62. The van der Waals surface area contributed by atoms with Crippen molar-refractivity contribution in [3.8, 4) is 0 Å². The first-order valence-electron chi connectivity index (χ1n) is 3.38. The number of carbonyl (C=O) groups is 1. The summed E-state index contributed by atoms with van der Waals surface area (Å²) in [5.41, 5.74) is 5.06. The molecule has 0 aromatic rings. The van der Waals surface area contributed by atoms with Crippen LogP contribution in [0.2, 0.25) is 0 Å². The van der Waals surface area contributed by atoms with Crippen LogP contribution >= 0.6 is 0 Å². The molecule has 0 saturated heterocycles. The fourth-order valence-electron chi connectivity index (χ4n) is 1.33. The molecule has 3 N–H and O–H groups in total. The van der Waals surface area contributed by atoms with Gasteiger partial charge in [-0.25, -0.2) is 0 Å². The molecule has 0 amide bonds. The fraction of sp³-hybridized carbons (Fsp3) is 0.833. The minimum Gasteiger partial charge on any atom is -0.481 e. The van der Waals surface area contributed by atoms with Crippen molar-refractivity contribution in [2.75, 3.05) is 0 Å². The average Bonchev–Trinajstić information content (AvgIpc) is 2.37. The number of aliphatic carboxylic acids is 1. The molecule has 3 nitrogen and oxygen atoms in total. The van der Waals surface area contributed by atoms with Gasteiger partial charge in [-0.05, 0) is 5.92 Å². The topological polar surface area (TPSA) is 63.3 Å². The molecule has 0 spiro atoms. The summed E-state index contributed by atoms with van der Waals surface area (Å²) < 4.78 is 35.8. The molecule has 1 rings (SSSR count). The Morgan fingerprint density at radius 3 is 2.25 bits per heavy atom. The summed E-state index contributed by atoms with van der Waals surface area (Å²) in [6.45, 7) is 0. The maximum atomic E-state index is 11.9. The molecule has 0 aromatic carbocycles. The molecule has 0 heterocycles. The molecule has 0 aliphatic heterocycles. The quantitative estimate of drug-likeness (QED) is 0.658. The van der Waals surface area contributed by atoms with Crippen LogP contribution in [0.3, 0.4) is 0 Å². The first-order chi connectivity index (χ1) is 5.34. The maximum Gasteiger partial charge on any atom is 0.393 e. The van der Waals surface area contributed by atoms with Crippen LogP contribution in [0, 0.1) is 11.8 Å². The molecule has 0 radical (unpaired) electrons. The highest BCUT2D eigenvalue weighted by Gasteiger charge is 2.62. The Balaban J connectivity index is 2.48. The van der Waals surface area contributed by atoms with E-state index >= 15 is 0 Å². The van der Waals surface area contributed by atoms with E-state index in [9.17, 15) is 18.0 Å². The van der Waals surface area contributed by atoms with Gasteiger partial charge in [0.1, 0.15) is 0 Å². The van der Waals surface area contributed by atoms with Gasteiger partial charge in [0, 0.05) is 6.04 Å². The highest BCUT2D eigenvalue weighted by Crippen LogP contribution is 2.50. The predicted molar refractivity (Wildman–Crippen MR) is 33.3 cm³/mol. The Morgan fingerprint density at radius 1 is 1.50 bits per heavy atom. The van der Waals surface area contributed by atoms with E-state index < -0.39 is 36.4 Å². The fourth-order valence-corrected chi connectivity index (χ4v) is 1.33. The van der Waals surface area contributed by atoms with Gasteiger partial charge in [0.15, 0.2) is 0 Å². The largest absolute Gasteiger partial charge is 0.481 e. The number of carboxylic acid groups (broad SMARTS) is 1. The standard InChI is InChI=1S/C6H8F3NO2/c7-6(8,9)4-2(5(4)10)1-3(11)12/h2,4-5H,1,10H2,(H,11,12)/t2-,4+,5+/m0/s1. The number of hydrogen-bond acceptors (Lipinski definition) is 2. The third-order valence-corrected chi connectivity index (χ3v) is 2.02. The van der Waals surface area contributed by atoms with E-state index in [0.29, 0.717) is 0 Å². The molecular weight excluding hydrogens is 175 g/mol. The second-order valence-corrected chi connectivity index (χ2v) is 2.91. The Bertz CT molecular complexity index is 203. The summed E-state index contributed by atoms with van der Waals surface area (Å²) in [6.07, 6.45) is -4.84. The number of rotatable bonds is 2. The maximum absolute atomic E-state index is 11.9. The van der Waals surface area contributed by atoms with E-state index in [4.69, 9.17) is 10.8 Å². The normalized spacial score (nSPS) is 34.8. The van der Waals surface area contributed by atoms with Crippen LogP contribution in [-0.4, -0.2) is 23.3 Å². The van der Waals surface area contributed by atoms with Gasteiger partial charge in [-0.2, -0.15) is 13.2 Å². The van der Waals surface area contributed by atoms with Crippen molar-refractivity contribution in [1.29, 1.82) is 0 Å². The first-order valence-corrected chi connectivity index (χ1v) is 3.38. The Hall–Kier alpha value is -0.780. The van der Waals surface area contributed by atoms with E-state index in [0.717, 1.165) is 0 Å². The van der Waals surface area contributed by atoms with Gasteiger partial charge in [-0.15, -0.1) is 0 Å². The lowest BCUT2D eigenvalue weighted by Gasteiger charge is -2.02. The smallest absolute Gasteiger partial charge is 0.393 e. The summed E-state index contributed by atoms with van der Waals surface area (Å²) >= 11 is 0. The van der Waals surface area contributed by atoms with E-state index in [1.165, 1.54) is 0 Å². The number of halogens is 3. The molecule has 1 aliphatic carbocycles. The minimum atomic E-state index is -4.35. The predicted octanol–water partition coefficient (Wildman–Crippen LogP) is 0.597. The van der Waals surface area contributed by atoms with Gasteiger partial charge in [0.25, 0.3) is 0 Å². The van der Waals surface area contributed by atoms with Crippen LogP contribution in [0.1, 0.15) is 6.42 Å². The lowest BCUT2D eigenvalue weighted by molar-refractivity contribution is -0.153. The molecule has 0 unspecified atom stereocenters. The summed E-state index contributed by atoms with van der Waals surface area (Å²) in [5.74, 6) is -3.78. The number of alkyl halides is 3. The van der Waals surface area contributed by atoms with Gasteiger partial charge in [0.05, 0.1) is 12.3 Å². The third kappa shape index (κ3) is 1.69. The first kappa shape index (κ1) is 9.31. The molecule has 70 valence electrons. The van der Waals surface area contributed by atoms with Crippen molar-refractivity contribution in [2.45, 2.75) is 18.6 Å². The lowest BCUT2D eigenvalue weighted by atomic mass is 10.2. The SMILES string of the molecule is N[C@@H]1[C@@H](CC(=O)O)[C@H]1C(F)(F)F. The molecule has 3 atom stereocenters. The molecule has 1 aliphatic rings.